The van der Waals surface area contributed by atoms with E-state index in [0.717, 1.165) is 37.1 Å². The van der Waals surface area contributed by atoms with Crippen molar-refractivity contribution in [2.24, 2.45) is 0 Å². The fourth-order valence-corrected chi connectivity index (χ4v) is 5.16. The van der Waals surface area contributed by atoms with Crippen LogP contribution in [-0.2, 0) is 0 Å². The van der Waals surface area contributed by atoms with Gasteiger partial charge in [0.1, 0.15) is 0 Å². The molecule has 6 nitrogen and oxygen atoms in total. The van der Waals surface area contributed by atoms with Gasteiger partial charge in [0.25, 0.3) is 0 Å². The maximum atomic E-state index is 14.1. The minimum Gasteiger partial charge on any atom is -0.279 e. The van der Waals surface area contributed by atoms with Crippen molar-refractivity contribution in [3.63, 3.8) is 0 Å². The Hall–Kier alpha value is -5.23. The van der Waals surface area contributed by atoms with Crippen LogP contribution in [0.15, 0.2) is 131 Å². The molecular weight excluding hydrogens is 460 g/mol. The summed E-state index contributed by atoms with van der Waals surface area (Å²) in [5.74, 6) is 0.245. The van der Waals surface area contributed by atoms with Gasteiger partial charge in [0.2, 0.25) is 5.95 Å². The molecule has 7 aromatic rings. The zero-order chi connectivity index (χ0) is 24.9. The van der Waals surface area contributed by atoms with Crippen molar-refractivity contribution >= 4 is 32.6 Å². The quantitative estimate of drug-likeness (QED) is 0.329. The molecule has 0 aliphatic rings. The molecule has 0 saturated heterocycles. The highest BCUT2D eigenvalue weighted by Crippen LogP contribution is 2.36. The normalized spacial score (nSPS) is 11.5. The Labute approximate surface area is 210 Å². The Morgan fingerprint density at radius 1 is 0.486 bits per heavy atom. The van der Waals surface area contributed by atoms with Gasteiger partial charge in [-0.1, -0.05) is 84.9 Å². The first-order valence-electron chi connectivity index (χ1n) is 12.0. The van der Waals surface area contributed by atoms with Crippen molar-refractivity contribution < 1.29 is 0 Å². The minimum atomic E-state index is -0.634. The largest absolute Gasteiger partial charge is 0.359 e. The SMILES string of the molecule is O=c1nc(-n2c3ccccc3c3c4ccccc4ccc32)n(-c2ccccc2)c(=O)n1-c1ccccc1. The molecule has 0 atom stereocenters. The van der Waals surface area contributed by atoms with Crippen LogP contribution in [0.4, 0.5) is 0 Å². The van der Waals surface area contributed by atoms with Crippen LogP contribution < -0.4 is 11.4 Å². The second kappa shape index (κ2) is 8.17. The van der Waals surface area contributed by atoms with Crippen LogP contribution in [-0.4, -0.2) is 18.7 Å². The molecule has 0 aliphatic heterocycles. The molecule has 0 saturated carbocycles. The van der Waals surface area contributed by atoms with E-state index in [4.69, 9.17) is 0 Å². The molecule has 176 valence electrons. The predicted octanol–water partition coefficient (Wildman–Crippen LogP) is 5.63. The number of rotatable bonds is 3. The molecule has 0 amide bonds. The Kier molecular flexibility index (Phi) is 4.66. The van der Waals surface area contributed by atoms with E-state index in [2.05, 4.69) is 29.2 Å². The Morgan fingerprint density at radius 3 is 1.81 bits per heavy atom. The molecule has 0 spiro atoms. The van der Waals surface area contributed by atoms with Gasteiger partial charge in [-0.05, 0) is 47.2 Å². The molecule has 0 radical (unpaired) electrons. The first kappa shape index (κ1) is 21.1. The topological polar surface area (TPSA) is 61.8 Å². The molecule has 7 rings (SSSR count). The zero-order valence-electron chi connectivity index (χ0n) is 19.7. The van der Waals surface area contributed by atoms with Gasteiger partial charge in [-0.25, -0.2) is 18.7 Å². The van der Waals surface area contributed by atoms with Crippen molar-refractivity contribution in [2.45, 2.75) is 0 Å². The monoisotopic (exact) mass is 480 g/mol. The maximum absolute atomic E-state index is 14.1. The van der Waals surface area contributed by atoms with Crippen LogP contribution in [0.5, 0.6) is 0 Å². The maximum Gasteiger partial charge on any atom is 0.359 e. The second-order valence-corrected chi connectivity index (χ2v) is 8.85. The average molecular weight is 481 g/mol. The van der Waals surface area contributed by atoms with Crippen LogP contribution in [0.3, 0.4) is 0 Å². The number of fused-ring (bicyclic) bond motifs is 5. The highest BCUT2D eigenvalue weighted by atomic mass is 16.2. The summed E-state index contributed by atoms with van der Waals surface area (Å²) >= 11 is 0. The third-order valence-corrected chi connectivity index (χ3v) is 6.76. The molecule has 0 aliphatic carbocycles. The predicted molar refractivity (Wildman–Crippen MR) is 147 cm³/mol. The number of benzene rings is 5. The average Bonchev–Trinajstić information content (AvgIpc) is 3.28. The number of hydrogen-bond donors (Lipinski definition) is 0. The van der Waals surface area contributed by atoms with E-state index < -0.39 is 11.4 Å². The van der Waals surface area contributed by atoms with E-state index in [9.17, 15) is 9.59 Å². The Bertz CT molecular complexity index is 2070. The molecule has 0 unspecified atom stereocenters. The Morgan fingerprint density at radius 2 is 1.08 bits per heavy atom. The lowest BCUT2D eigenvalue weighted by atomic mass is 10.0. The molecular formula is C31H20N4O2. The third-order valence-electron chi connectivity index (χ3n) is 6.76. The number of hydrogen-bond acceptors (Lipinski definition) is 3. The van der Waals surface area contributed by atoms with Gasteiger partial charge in [0.05, 0.1) is 22.4 Å². The zero-order valence-corrected chi connectivity index (χ0v) is 19.7. The molecule has 5 aromatic carbocycles. The van der Waals surface area contributed by atoms with Crippen LogP contribution in [0.25, 0.3) is 49.9 Å². The van der Waals surface area contributed by atoms with Crippen molar-refractivity contribution in [2.75, 3.05) is 0 Å². The number of para-hydroxylation sites is 3. The third kappa shape index (κ3) is 3.16. The van der Waals surface area contributed by atoms with Gasteiger partial charge in [0, 0.05) is 10.8 Å². The lowest BCUT2D eigenvalue weighted by Gasteiger charge is -2.16. The van der Waals surface area contributed by atoms with E-state index in [0.29, 0.717) is 11.4 Å². The number of aromatic nitrogens is 4. The van der Waals surface area contributed by atoms with Crippen LogP contribution in [0.1, 0.15) is 0 Å². The summed E-state index contributed by atoms with van der Waals surface area (Å²) in [6.07, 6.45) is 0. The molecule has 2 aromatic heterocycles. The summed E-state index contributed by atoms with van der Waals surface area (Å²) in [7, 11) is 0. The van der Waals surface area contributed by atoms with Crippen molar-refractivity contribution in [1.29, 1.82) is 0 Å². The standard InChI is InChI=1S/C31H20N4O2/c36-30-32-29(33(22-12-3-1-4-13-22)31(37)34(30)23-14-5-2-6-15-23)35-26-18-10-9-17-25(26)28-24-16-8-7-11-21(24)19-20-27(28)35/h1-20H. The molecule has 0 fully saturated rings. The summed E-state index contributed by atoms with van der Waals surface area (Å²) in [4.78, 5) is 32.1. The summed E-state index contributed by atoms with van der Waals surface area (Å²) in [6.45, 7) is 0. The first-order valence-corrected chi connectivity index (χ1v) is 12.0. The van der Waals surface area contributed by atoms with Crippen LogP contribution in [0, 0.1) is 0 Å². The molecule has 6 heteroatoms. The van der Waals surface area contributed by atoms with Gasteiger partial charge in [0.15, 0.2) is 0 Å². The van der Waals surface area contributed by atoms with Crippen LogP contribution >= 0.6 is 0 Å². The van der Waals surface area contributed by atoms with Crippen molar-refractivity contribution in [3.8, 4) is 17.3 Å². The van der Waals surface area contributed by atoms with Gasteiger partial charge in [-0.15, -0.1) is 0 Å². The van der Waals surface area contributed by atoms with E-state index >= 15 is 0 Å². The fraction of sp³-hybridized carbons (Fsp3) is 0. The van der Waals surface area contributed by atoms with Gasteiger partial charge in [-0.2, -0.15) is 4.98 Å². The highest BCUT2D eigenvalue weighted by molar-refractivity contribution is 6.21. The summed E-state index contributed by atoms with van der Waals surface area (Å²) in [6, 6.07) is 38.5. The van der Waals surface area contributed by atoms with Crippen LogP contribution in [0.2, 0.25) is 0 Å². The van der Waals surface area contributed by atoms with E-state index in [1.165, 1.54) is 4.57 Å². The summed E-state index contributed by atoms with van der Waals surface area (Å²) in [5, 5.41) is 4.29. The second-order valence-electron chi connectivity index (χ2n) is 8.85. The van der Waals surface area contributed by atoms with E-state index in [-0.39, 0.29) is 5.95 Å². The van der Waals surface area contributed by atoms with Crippen molar-refractivity contribution in [3.05, 3.63) is 142 Å². The highest BCUT2D eigenvalue weighted by Gasteiger charge is 2.22. The molecule has 0 N–H and O–H groups in total. The fourth-order valence-electron chi connectivity index (χ4n) is 5.16. The molecule has 37 heavy (non-hydrogen) atoms. The molecule has 0 bridgehead atoms. The van der Waals surface area contributed by atoms with Gasteiger partial charge < -0.3 is 0 Å². The Balaban J connectivity index is 1.68. The lowest BCUT2D eigenvalue weighted by Crippen LogP contribution is -2.41. The minimum absolute atomic E-state index is 0.245. The van der Waals surface area contributed by atoms with E-state index in [1.807, 2.05) is 77.4 Å². The smallest absolute Gasteiger partial charge is 0.279 e. The van der Waals surface area contributed by atoms with Crippen molar-refractivity contribution in [1.82, 2.24) is 18.7 Å². The van der Waals surface area contributed by atoms with Gasteiger partial charge in [-0.3, -0.25) is 4.57 Å². The van der Waals surface area contributed by atoms with Gasteiger partial charge >= 0.3 is 11.4 Å². The molecule has 2 heterocycles. The lowest BCUT2D eigenvalue weighted by molar-refractivity contribution is 0.718. The first-order chi connectivity index (χ1) is 18.2. The summed E-state index contributed by atoms with van der Waals surface area (Å²) < 4.78 is 4.54. The summed E-state index contributed by atoms with van der Waals surface area (Å²) in [5.41, 5.74) is 1.70. The number of nitrogens with zero attached hydrogens (tertiary/aromatic N) is 4. The van der Waals surface area contributed by atoms with E-state index in [1.54, 1.807) is 24.3 Å².